The zero-order valence-electron chi connectivity index (χ0n) is 14.5. The van der Waals surface area contributed by atoms with E-state index in [9.17, 15) is 4.39 Å². The topological polar surface area (TPSA) is 54.9 Å². The van der Waals surface area contributed by atoms with E-state index in [0.717, 1.165) is 5.69 Å². The lowest BCUT2D eigenvalue weighted by Gasteiger charge is -2.14. The number of methoxy groups -OCH3 is 2. The molecule has 0 bridgehead atoms. The Kier molecular flexibility index (Phi) is 9.04. The molecule has 0 saturated heterocycles. The molecule has 25 heavy (non-hydrogen) atoms. The third kappa shape index (κ3) is 6.08. The molecule has 0 saturated carbocycles. The summed E-state index contributed by atoms with van der Waals surface area (Å²) in [5, 5.41) is 6.31. The van der Waals surface area contributed by atoms with E-state index in [1.54, 1.807) is 32.4 Å². The molecule has 0 radical (unpaired) electrons. The number of nitrogens with one attached hydrogen (secondary N) is 2. The Morgan fingerprint density at radius 3 is 2.44 bits per heavy atom. The van der Waals surface area contributed by atoms with Crippen LogP contribution in [0, 0.1) is 5.82 Å². The lowest BCUT2D eigenvalue weighted by Crippen LogP contribution is -2.30. The maximum absolute atomic E-state index is 13.7. The number of ether oxygens (including phenoxy) is 2. The summed E-state index contributed by atoms with van der Waals surface area (Å²) in [6.07, 6.45) is 0. The van der Waals surface area contributed by atoms with Crippen LogP contribution in [0.15, 0.2) is 47.5 Å². The third-order valence-electron chi connectivity index (χ3n) is 3.36. The number of aliphatic imine (C=N–C) groups is 1. The van der Waals surface area contributed by atoms with Crippen molar-refractivity contribution in [3.8, 4) is 11.5 Å². The standard InChI is InChI=1S/C18H22FN3O2.HI/c1-4-20-18(21-12-13-7-5-6-8-15(13)19)22-14-9-10-16(23-2)17(11-14)24-3;/h5-11H,4,12H2,1-3H3,(H2,20,21,22);1H. The number of nitrogens with zero attached hydrogens (tertiary/aromatic N) is 1. The minimum atomic E-state index is -0.261. The van der Waals surface area contributed by atoms with Crippen molar-refractivity contribution in [3.05, 3.63) is 53.8 Å². The molecule has 0 fully saturated rings. The van der Waals surface area contributed by atoms with Crippen LogP contribution in [0.1, 0.15) is 12.5 Å². The van der Waals surface area contributed by atoms with E-state index >= 15 is 0 Å². The smallest absolute Gasteiger partial charge is 0.196 e. The first-order valence-electron chi connectivity index (χ1n) is 7.68. The highest BCUT2D eigenvalue weighted by molar-refractivity contribution is 14.0. The van der Waals surface area contributed by atoms with Gasteiger partial charge in [0, 0.05) is 23.9 Å². The largest absolute Gasteiger partial charge is 0.493 e. The fourth-order valence-corrected chi connectivity index (χ4v) is 2.15. The molecule has 7 heteroatoms. The van der Waals surface area contributed by atoms with Gasteiger partial charge in [-0.25, -0.2) is 9.38 Å². The molecule has 0 aliphatic carbocycles. The number of hydrogen-bond acceptors (Lipinski definition) is 3. The molecular weight excluding hydrogens is 436 g/mol. The summed E-state index contributed by atoms with van der Waals surface area (Å²) in [5.41, 5.74) is 1.34. The Balaban J connectivity index is 0.00000312. The first kappa shape index (κ1) is 21.0. The zero-order valence-corrected chi connectivity index (χ0v) is 16.8. The van der Waals surface area contributed by atoms with Gasteiger partial charge in [-0.2, -0.15) is 0 Å². The molecule has 0 aliphatic rings. The number of halogens is 2. The lowest BCUT2D eigenvalue weighted by atomic mass is 10.2. The monoisotopic (exact) mass is 459 g/mol. The summed E-state index contributed by atoms with van der Waals surface area (Å²) in [7, 11) is 3.17. The van der Waals surface area contributed by atoms with E-state index in [0.29, 0.717) is 29.6 Å². The molecule has 0 heterocycles. The molecule has 5 nitrogen and oxygen atoms in total. The van der Waals surface area contributed by atoms with Crippen LogP contribution in [-0.4, -0.2) is 26.7 Å². The molecule has 0 amide bonds. The SMILES string of the molecule is CCNC(=NCc1ccccc1F)Nc1ccc(OC)c(OC)c1.I. The summed E-state index contributed by atoms with van der Waals surface area (Å²) in [4.78, 5) is 4.42. The van der Waals surface area contributed by atoms with Crippen molar-refractivity contribution >= 4 is 35.6 Å². The van der Waals surface area contributed by atoms with Crippen molar-refractivity contribution in [1.29, 1.82) is 0 Å². The number of benzene rings is 2. The average molecular weight is 459 g/mol. The Bertz CT molecular complexity index is 710. The normalized spacial score (nSPS) is 10.6. The van der Waals surface area contributed by atoms with Crippen molar-refractivity contribution in [2.24, 2.45) is 4.99 Å². The number of guanidine groups is 1. The Morgan fingerprint density at radius 2 is 1.80 bits per heavy atom. The maximum atomic E-state index is 13.7. The molecule has 2 aromatic rings. The molecular formula is C18H23FIN3O2. The summed E-state index contributed by atoms with van der Waals surface area (Å²) in [6, 6.07) is 12.1. The Labute approximate surface area is 164 Å². The van der Waals surface area contributed by atoms with E-state index in [1.165, 1.54) is 6.07 Å². The van der Waals surface area contributed by atoms with Crippen molar-refractivity contribution < 1.29 is 13.9 Å². The molecule has 2 aromatic carbocycles. The number of rotatable bonds is 6. The van der Waals surface area contributed by atoms with Gasteiger partial charge in [0.2, 0.25) is 0 Å². The fourth-order valence-electron chi connectivity index (χ4n) is 2.15. The van der Waals surface area contributed by atoms with Gasteiger partial charge < -0.3 is 20.1 Å². The van der Waals surface area contributed by atoms with Gasteiger partial charge in [-0.1, -0.05) is 18.2 Å². The van der Waals surface area contributed by atoms with Gasteiger partial charge in [0.05, 0.1) is 20.8 Å². The highest BCUT2D eigenvalue weighted by Gasteiger charge is 2.07. The van der Waals surface area contributed by atoms with Crippen molar-refractivity contribution in [3.63, 3.8) is 0 Å². The first-order chi connectivity index (χ1) is 11.7. The molecule has 0 spiro atoms. The van der Waals surface area contributed by atoms with E-state index < -0.39 is 0 Å². The van der Waals surface area contributed by atoms with Crippen LogP contribution in [0.4, 0.5) is 10.1 Å². The van der Waals surface area contributed by atoms with Crippen molar-refractivity contribution in [2.75, 3.05) is 26.1 Å². The molecule has 0 unspecified atom stereocenters. The highest BCUT2D eigenvalue weighted by atomic mass is 127. The molecule has 0 aliphatic heterocycles. The summed E-state index contributed by atoms with van der Waals surface area (Å²) >= 11 is 0. The number of anilines is 1. The van der Waals surface area contributed by atoms with Crippen LogP contribution in [0.25, 0.3) is 0 Å². The minimum absolute atomic E-state index is 0. The van der Waals surface area contributed by atoms with Gasteiger partial charge in [-0.05, 0) is 25.1 Å². The minimum Gasteiger partial charge on any atom is -0.493 e. The highest BCUT2D eigenvalue weighted by Crippen LogP contribution is 2.29. The predicted octanol–water partition coefficient (Wildman–Crippen LogP) is 4.04. The molecule has 0 atom stereocenters. The van der Waals surface area contributed by atoms with Crippen molar-refractivity contribution in [2.45, 2.75) is 13.5 Å². The lowest BCUT2D eigenvalue weighted by molar-refractivity contribution is 0.355. The first-order valence-corrected chi connectivity index (χ1v) is 7.68. The Hall–Kier alpha value is -2.03. The zero-order chi connectivity index (χ0) is 17.4. The van der Waals surface area contributed by atoms with Gasteiger partial charge in [0.25, 0.3) is 0 Å². The molecule has 2 N–H and O–H groups in total. The fraction of sp³-hybridized carbons (Fsp3) is 0.278. The van der Waals surface area contributed by atoms with Gasteiger partial charge >= 0.3 is 0 Å². The van der Waals surface area contributed by atoms with Crippen LogP contribution in [-0.2, 0) is 6.54 Å². The number of hydrogen-bond donors (Lipinski definition) is 2. The van der Waals surface area contributed by atoms with Gasteiger partial charge in [-0.3, -0.25) is 0 Å². The van der Waals surface area contributed by atoms with Gasteiger partial charge in [0.15, 0.2) is 17.5 Å². The van der Waals surface area contributed by atoms with Crippen LogP contribution >= 0.6 is 24.0 Å². The molecule has 136 valence electrons. The van der Waals surface area contributed by atoms with E-state index in [1.807, 2.05) is 25.1 Å². The summed E-state index contributed by atoms with van der Waals surface area (Å²) < 4.78 is 24.2. The predicted molar refractivity (Wildman–Crippen MR) is 110 cm³/mol. The quantitative estimate of drug-likeness (QED) is 0.389. The van der Waals surface area contributed by atoms with Crippen LogP contribution in [0.2, 0.25) is 0 Å². The van der Waals surface area contributed by atoms with Crippen LogP contribution in [0.3, 0.4) is 0 Å². The van der Waals surface area contributed by atoms with E-state index in [4.69, 9.17) is 9.47 Å². The van der Waals surface area contributed by atoms with Gasteiger partial charge in [0.1, 0.15) is 5.82 Å². The average Bonchev–Trinajstić information content (AvgIpc) is 2.61. The molecule has 2 rings (SSSR count). The summed E-state index contributed by atoms with van der Waals surface area (Å²) in [6.45, 7) is 2.90. The van der Waals surface area contributed by atoms with E-state index in [2.05, 4.69) is 15.6 Å². The van der Waals surface area contributed by atoms with E-state index in [-0.39, 0.29) is 36.3 Å². The second kappa shape index (κ2) is 10.8. The molecule has 0 aromatic heterocycles. The Morgan fingerprint density at radius 1 is 1.08 bits per heavy atom. The van der Waals surface area contributed by atoms with Crippen LogP contribution in [0.5, 0.6) is 11.5 Å². The van der Waals surface area contributed by atoms with Gasteiger partial charge in [-0.15, -0.1) is 24.0 Å². The summed E-state index contributed by atoms with van der Waals surface area (Å²) in [5.74, 6) is 1.57. The van der Waals surface area contributed by atoms with Crippen LogP contribution < -0.4 is 20.1 Å². The second-order valence-electron chi connectivity index (χ2n) is 4.98. The van der Waals surface area contributed by atoms with Crippen molar-refractivity contribution in [1.82, 2.24) is 5.32 Å². The third-order valence-corrected chi connectivity index (χ3v) is 3.36. The maximum Gasteiger partial charge on any atom is 0.196 e. The second-order valence-corrected chi connectivity index (χ2v) is 4.98.